The second-order valence-corrected chi connectivity index (χ2v) is 5.04. The van der Waals surface area contributed by atoms with Crippen LogP contribution in [-0.2, 0) is 10.3 Å². The van der Waals surface area contributed by atoms with Gasteiger partial charge in [0.15, 0.2) is 0 Å². The Labute approximate surface area is 118 Å². The van der Waals surface area contributed by atoms with E-state index in [0.717, 1.165) is 16.9 Å². The first-order valence-electron chi connectivity index (χ1n) is 6.41. The van der Waals surface area contributed by atoms with Crippen LogP contribution in [0, 0.1) is 0 Å². The van der Waals surface area contributed by atoms with Crippen molar-refractivity contribution in [2.45, 2.75) is 19.4 Å². The van der Waals surface area contributed by atoms with Crippen molar-refractivity contribution in [1.29, 1.82) is 0 Å². The third kappa shape index (κ3) is 2.60. The maximum absolute atomic E-state index is 11.9. The van der Waals surface area contributed by atoms with Gasteiger partial charge in [-0.1, -0.05) is 6.07 Å². The molecule has 4 heteroatoms. The molecule has 0 radical (unpaired) electrons. The zero-order valence-electron chi connectivity index (χ0n) is 12.2. The SMILES string of the molecule is COc1ccc(-c2ccc[nH]c2=O)cc1C(C)(C)OC. The lowest BCUT2D eigenvalue weighted by Gasteiger charge is -2.26. The van der Waals surface area contributed by atoms with Crippen molar-refractivity contribution in [2.24, 2.45) is 0 Å². The summed E-state index contributed by atoms with van der Waals surface area (Å²) in [6.45, 7) is 3.92. The minimum Gasteiger partial charge on any atom is -0.496 e. The topological polar surface area (TPSA) is 51.3 Å². The van der Waals surface area contributed by atoms with Crippen LogP contribution in [0.3, 0.4) is 0 Å². The predicted molar refractivity (Wildman–Crippen MR) is 79.1 cm³/mol. The maximum Gasteiger partial charge on any atom is 0.255 e. The van der Waals surface area contributed by atoms with E-state index in [1.54, 1.807) is 26.5 Å². The lowest BCUT2D eigenvalue weighted by atomic mass is 9.93. The van der Waals surface area contributed by atoms with Crippen LogP contribution in [0.25, 0.3) is 11.1 Å². The molecule has 1 aromatic carbocycles. The summed E-state index contributed by atoms with van der Waals surface area (Å²) in [6.07, 6.45) is 1.62. The quantitative estimate of drug-likeness (QED) is 0.931. The molecule has 0 atom stereocenters. The average Bonchev–Trinajstić information content (AvgIpc) is 2.47. The highest BCUT2D eigenvalue weighted by atomic mass is 16.5. The number of pyridine rings is 1. The van der Waals surface area contributed by atoms with Gasteiger partial charge in [0.25, 0.3) is 5.56 Å². The van der Waals surface area contributed by atoms with Gasteiger partial charge in [0, 0.05) is 24.4 Å². The minimum atomic E-state index is -0.497. The van der Waals surface area contributed by atoms with E-state index in [9.17, 15) is 4.79 Å². The Morgan fingerprint density at radius 1 is 1.15 bits per heavy atom. The molecule has 0 saturated carbocycles. The summed E-state index contributed by atoms with van der Waals surface area (Å²) < 4.78 is 10.9. The van der Waals surface area contributed by atoms with Crippen molar-refractivity contribution in [3.8, 4) is 16.9 Å². The molecule has 0 bridgehead atoms. The van der Waals surface area contributed by atoms with Gasteiger partial charge in [-0.15, -0.1) is 0 Å². The number of rotatable bonds is 4. The fourth-order valence-corrected chi connectivity index (χ4v) is 2.10. The van der Waals surface area contributed by atoms with Crippen molar-refractivity contribution >= 4 is 0 Å². The van der Waals surface area contributed by atoms with Gasteiger partial charge in [-0.2, -0.15) is 0 Å². The van der Waals surface area contributed by atoms with E-state index in [-0.39, 0.29) is 5.56 Å². The summed E-state index contributed by atoms with van der Waals surface area (Å²) in [4.78, 5) is 14.6. The van der Waals surface area contributed by atoms with Crippen LogP contribution < -0.4 is 10.3 Å². The van der Waals surface area contributed by atoms with Gasteiger partial charge in [-0.3, -0.25) is 4.79 Å². The third-order valence-corrected chi connectivity index (χ3v) is 3.49. The van der Waals surface area contributed by atoms with Crippen LogP contribution in [0.1, 0.15) is 19.4 Å². The molecule has 0 amide bonds. The number of hydrogen-bond donors (Lipinski definition) is 1. The Morgan fingerprint density at radius 3 is 2.50 bits per heavy atom. The van der Waals surface area contributed by atoms with Crippen molar-refractivity contribution < 1.29 is 9.47 Å². The predicted octanol–water partition coefficient (Wildman–Crippen LogP) is 2.93. The van der Waals surface area contributed by atoms with Gasteiger partial charge in [-0.05, 0) is 43.7 Å². The Hall–Kier alpha value is -2.07. The van der Waals surface area contributed by atoms with Crippen molar-refractivity contribution in [3.05, 3.63) is 52.4 Å². The summed E-state index contributed by atoms with van der Waals surface area (Å²) >= 11 is 0. The van der Waals surface area contributed by atoms with E-state index >= 15 is 0 Å². The number of H-pyrrole nitrogens is 1. The molecule has 106 valence electrons. The zero-order chi connectivity index (χ0) is 14.8. The van der Waals surface area contributed by atoms with Crippen LogP contribution in [0.2, 0.25) is 0 Å². The third-order valence-electron chi connectivity index (χ3n) is 3.49. The number of hydrogen-bond acceptors (Lipinski definition) is 3. The number of aromatic amines is 1. The molecule has 0 aliphatic heterocycles. The number of methoxy groups -OCH3 is 2. The van der Waals surface area contributed by atoms with Gasteiger partial charge in [-0.25, -0.2) is 0 Å². The zero-order valence-corrected chi connectivity index (χ0v) is 12.2. The van der Waals surface area contributed by atoms with E-state index < -0.39 is 5.60 Å². The monoisotopic (exact) mass is 273 g/mol. The Morgan fingerprint density at radius 2 is 1.90 bits per heavy atom. The largest absolute Gasteiger partial charge is 0.496 e. The molecule has 2 aromatic rings. The fraction of sp³-hybridized carbons (Fsp3) is 0.312. The highest BCUT2D eigenvalue weighted by molar-refractivity contribution is 5.65. The number of aromatic nitrogens is 1. The fourth-order valence-electron chi connectivity index (χ4n) is 2.10. The molecule has 4 nitrogen and oxygen atoms in total. The summed E-state index contributed by atoms with van der Waals surface area (Å²) in [7, 11) is 3.28. The summed E-state index contributed by atoms with van der Waals surface area (Å²) in [5.41, 5.74) is 1.77. The average molecular weight is 273 g/mol. The molecule has 1 heterocycles. The standard InChI is InChI=1S/C16H19NO3/c1-16(2,20-4)13-10-11(7-8-14(13)19-3)12-6-5-9-17-15(12)18/h5-10H,1-4H3,(H,17,18). The highest BCUT2D eigenvalue weighted by Gasteiger charge is 2.24. The Kier molecular flexibility index (Phi) is 3.95. The number of ether oxygens (including phenoxy) is 2. The normalized spacial score (nSPS) is 11.4. The maximum atomic E-state index is 11.9. The van der Waals surface area contributed by atoms with Crippen LogP contribution in [-0.4, -0.2) is 19.2 Å². The summed E-state index contributed by atoms with van der Waals surface area (Å²) in [5, 5.41) is 0. The molecule has 1 aromatic heterocycles. The molecule has 0 saturated heterocycles. The summed E-state index contributed by atoms with van der Waals surface area (Å²) in [6, 6.07) is 9.27. The molecule has 2 rings (SSSR count). The van der Waals surface area contributed by atoms with Crippen LogP contribution in [0.5, 0.6) is 5.75 Å². The van der Waals surface area contributed by atoms with E-state index in [4.69, 9.17) is 9.47 Å². The first kappa shape index (κ1) is 14.3. The van der Waals surface area contributed by atoms with Crippen LogP contribution in [0.4, 0.5) is 0 Å². The van der Waals surface area contributed by atoms with E-state index in [1.165, 1.54) is 0 Å². The summed E-state index contributed by atoms with van der Waals surface area (Å²) in [5.74, 6) is 0.743. The van der Waals surface area contributed by atoms with Crippen molar-refractivity contribution in [2.75, 3.05) is 14.2 Å². The number of benzene rings is 1. The lowest BCUT2D eigenvalue weighted by Crippen LogP contribution is -2.20. The van der Waals surface area contributed by atoms with E-state index in [0.29, 0.717) is 5.56 Å². The molecule has 0 spiro atoms. The Balaban J connectivity index is 2.62. The molecule has 0 unspecified atom stereocenters. The van der Waals surface area contributed by atoms with Gasteiger partial charge < -0.3 is 14.5 Å². The van der Waals surface area contributed by atoms with Gasteiger partial charge in [0.2, 0.25) is 0 Å². The molecule has 0 aliphatic carbocycles. The molecule has 0 fully saturated rings. The van der Waals surface area contributed by atoms with Crippen LogP contribution >= 0.6 is 0 Å². The van der Waals surface area contributed by atoms with E-state index in [2.05, 4.69) is 4.98 Å². The second kappa shape index (κ2) is 5.51. The molecule has 0 aliphatic rings. The first-order chi connectivity index (χ1) is 9.49. The first-order valence-corrected chi connectivity index (χ1v) is 6.41. The highest BCUT2D eigenvalue weighted by Crippen LogP contribution is 2.34. The van der Waals surface area contributed by atoms with Crippen LogP contribution in [0.15, 0.2) is 41.3 Å². The Bertz CT molecular complexity index is 659. The van der Waals surface area contributed by atoms with E-state index in [1.807, 2.05) is 38.1 Å². The molecule has 20 heavy (non-hydrogen) atoms. The molecular weight excluding hydrogens is 254 g/mol. The van der Waals surface area contributed by atoms with Gasteiger partial charge >= 0.3 is 0 Å². The lowest BCUT2D eigenvalue weighted by molar-refractivity contribution is 0.0173. The van der Waals surface area contributed by atoms with Crippen molar-refractivity contribution in [1.82, 2.24) is 4.98 Å². The van der Waals surface area contributed by atoms with Crippen molar-refractivity contribution in [3.63, 3.8) is 0 Å². The van der Waals surface area contributed by atoms with Gasteiger partial charge in [0.05, 0.1) is 12.7 Å². The second-order valence-electron chi connectivity index (χ2n) is 5.04. The van der Waals surface area contributed by atoms with Gasteiger partial charge in [0.1, 0.15) is 5.75 Å². The number of nitrogens with one attached hydrogen (secondary N) is 1. The minimum absolute atomic E-state index is 0.112. The smallest absolute Gasteiger partial charge is 0.255 e. The molecule has 1 N–H and O–H groups in total. The molecular formula is C16H19NO3.